The summed E-state index contributed by atoms with van der Waals surface area (Å²) in [6.45, 7) is 0. The van der Waals surface area contributed by atoms with Gasteiger partial charge in [0.1, 0.15) is 5.03 Å². The maximum Gasteiger partial charge on any atom is 0.234 e. The summed E-state index contributed by atoms with van der Waals surface area (Å²) in [5, 5.41) is 12.5. The normalized spacial score (nSPS) is 10.4. The van der Waals surface area contributed by atoms with Crippen molar-refractivity contribution in [2.45, 2.75) is 5.03 Å². The molecular weight excluding hydrogens is 398 g/mol. The van der Waals surface area contributed by atoms with Crippen molar-refractivity contribution in [2.24, 2.45) is 0 Å². The molecule has 0 atom stereocenters. The van der Waals surface area contributed by atoms with Gasteiger partial charge in [-0.2, -0.15) is 0 Å². The van der Waals surface area contributed by atoms with Gasteiger partial charge in [0.05, 0.1) is 25.7 Å². The molecule has 144 valence electrons. The van der Waals surface area contributed by atoms with Crippen LogP contribution in [0, 0.1) is 0 Å². The number of hydrogen-bond acceptors (Lipinski definition) is 6. The van der Waals surface area contributed by atoms with Crippen molar-refractivity contribution in [1.29, 1.82) is 0 Å². The summed E-state index contributed by atoms with van der Waals surface area (Å²) in [5.74, 6) is 1.21. The molecule has 1 heterocycles. The van der Waals surface area contributed by atoms with Crippen LogP contribution in [-0.4, -0.2) is 36.1 Å². The highest BCUT2D eigenvalue weighted by Gasteiger charge is 2.09. The van der Waals surface area contributed by atoms with E-state index in [-0.39, 0.29) is 11.7 Å². The van der Waals surface area contributed by atoms with E-state index in [1.54, 1.807) is 44.6 Å². The fourth-order valence-electron chi connectivity index (χ4n) is 2.42. The second kappa shape index (κ2) is 9.43. The van der Waals surface area contributed by atoms with Crippen LogP contribution in [0.25, 0.3) is 11.3 Å². The lowest BCUT2D eigenvalue weighted by atomic mass is 10.1. The molecule has 0 fully saturated rings. The van der Waals surface area contributed by atoms with Crippen molar-refractivity contribution in [2.75, 3.05) is 25.3 Å². The first-order valence-corrected chi connectivity index (χ1v) is 9.70. The number of ether oxygens (including phenoxy) is 2. The van der Waals surface area contributed by atoms with E-state index in [0.717, 1.165) is 11.3 Å². The van der Waals surface area contributed by atoms with E-state index >= 15 is 0 Å². The van der Waals surface area contributed by atoms with Crippen LogP contribution in [0.1, 0.15) is 0 Å². The molecule has 0 saturated heterocycles. The molecule has 0 bridgehead atoms. The third-order valence-corrected chi connectivity index (χ3v) is 4.97. The highest BCUT2D eigenvalue weighted by molar-refractivity contribution is 7.99. The maximum atomic E-state index is 12.2. The topological polar surface area (TPSA) is 73.3 Å². The molecule has 3 rings (SSSR count). The molecule has 28 heavy (non-hydrogen) atoms. The molecule has 0 radical (unpaired) electrons. The van der Waals surface area contributed by atoms with Gasteiger partial charge in [0.15, 0.2) is 11.5 Å². The van der Waals surface area contributed by atoms with E-state index in [0.29, 0.717) is 27.2 Å². The van der Waals surface area contributed by atoms with Gasteiger partial charge in [-0.05, 0) is 36.4 Å². The summed E-state index contributed by atoms with van der Waals surface area (Å²) in [7, 11) is 3.11. The molecule has 3 aromatic rings. The Morgan fingerprint density at radius 3 is 2.39 bits per heavy atom. The van der Waals surface area contributed by atoms with Crippen LogP contribution < -0.4 is 14.8 Å². The number of nitrogens with zero attached hydrogens (tertiary/aromatic N) is 2. The summed E-state index contributed by atoms with van der Waals surface area (Å²) in [6, 6.07) is 16.3. The highest BCUT2D eigenvalue weighted by atomic mass is 35.5. The molecule has 0 spiro atoms. The predicted molar refractivity (Wildman–Crippen MR) is 111 cm³/mol. The van der Waals surface area contributed by atoms with Crippen molar-refractivity contribution >= 4 is 35.0 Å². The molecule has 0 aliphatic heterocycles. The van der Waals surface area contributed by atoms with Gasteiger partial charge in [-0.1, -0.05) is 35.5 Å². The minimum Gasteiger partial charge on any atom is -0.493 e. The van der Waals surface area contributed by atoms with Gasteiger partial charge in [-0.15, -0.1) is 10.2 Å². The lowest BCUT2D eigenvalue weighted by molar-refractivity contribution is -0.113. The first kappa shape index (κ1) is 20.0. The second-order valence-corrected chi connectivity index (χ2v) is 7.10. The Labute approximate surface area is 172 Å². The number of benzene rings is 2. The molecule has 8 heteroatoms. The number of halogens is 1. The van der Waals surface area contributed by atoms with E-state index in [4.69, 9.17) is 21.1 Å². The van der Waals surface area contributed by atoms with E-state index in [9.17, 15) is 4.79 Å². The molecule has 1 aromatic heterocycles. The molecule has 0 aliphatic rings. The van der Waals surface area contributed by atoms with Gasteiger partial charge >= 0.3 is 0 Å². The molecular formula is C20H18ClN3O3S. The first-order chi connectivity index (χ1) is 13.6. The number of hydrogen-bond donors (Lipinski definition) is 1. The van der Waals surface area contributed by atoms with Crippen LogP contribution >= 0.6 is 23.4 Å². The Morgan fingerprint density at radius 2 is 1.75 bits per heavy atom. The quantitative estimate of drug-likeness (QED) is 0.571. The van der Waals surface area contributed by atoms with Gasteiger partial charge in [0.25, 0.3) is 0 Å². The van der Waals surface area contributed by atoms with Crippen LogP contribution in [0.5, 0.6) is 11.5 Å². The Bertz CT molecular complexity index is 950. The van der Waals surface area contributed by atoms with Crippen LogP contribution in [0.15, 0.2) is 59.6 Å². The minimum atomic E-state index is -0.152. The molecule has 0 unspecified atom stereocenters. The second-order valence-electron chi connectivity index (χ2n) is 5.67. The van der Waals surface area contributed by atoms with Crippen LogP contribution in [-0.2, 0) is 4.79 Å². The summed E-state index contributed by atoms with van der Waals surface area (Å²) >= 11 is 7.20. The van der Waals surface area contributed by atoms with Gasteiger partial charge in [-0.25, -0.2) is 0 Å². The van der Waals surface area contributed by atoms with E-state index < -0.39 is 0 Å². The van der Waals surface area contributed by atoms with Crippen LogP contribution in [0.3, 0.4) is 0 Å². The molecule has 0 saturated carbocycles. The monoisotopic (exact) mass is 415 g/mol. The number of methoxy groups -OCH3 is 2. The number of carbonyl (C=O) groups excluding carboxylic acids is 1. The number of rotatable bonds is 7. The predicted octanol–water partition coefficient (Wildman–Crippen LogP) is 4.55. The number of carbonyl (C=O) groups is 1. The Hall–Kier alpha value is -2.77. The summed E-state index contributed by atoms with van der Waals surface area (Å²) in [6.07, 6.45) is 0. The maximum absolute atomic E-state index is 12.2. The smallest absolute Gasteiger partial charge is 0.234 e. The zero-order valence-corrected chi connectivity index (χ0v) is 16.9. The van der Waals surface area contributed by atoms with Crippen LogP contribution in [0.4, 0.5) is 5.69 Å². The molecule has 1 amide bonds. The summed E-state index contributed by atoms with van der Waals surface area (Å²) < 4.78 is 10.4. The SMILES string of the molecule is COc1ccc(NC(=O)CSc2ccc(-c3ccc(Cl)cc3)nn2)cc1OC. The van der Waals surface area contributed by atoms with Crippen LogP contribution in [0.2, 0.25) is 5.02 Å². The summed E-state index contributed by atoms with van der Waals surface area (Å²) in [5.41, 5.74) is 2.31. The van der Waals surface area contributed by atoms with Gasteiger partial charge in [0.2, 0.25) is 5.91 Å². The lowest BCUT2D eigenvalue weighted by Gasteiger charge is -2.10. The average molecular weight is 416 g/mol. The standard InChI is InChI=1S/C20H18ClN3O3S/c1-26-17-9-7-15(11-18(17)27-2)22-19(25)12-28-20-10-8-16(23-24-20)13-3-5-14(21)6-4-13/h3-11H,12H2,1-2H3,(H,22,25). The van der Waals surface area contributed by atoms with E-state index in [2.05, 4.69) is 15.5 Å². The number of anilines is 1. The number of aromatic nitrogens is 2. The fourth-order valence-corrected chi connectivity index (χ4v) is 3.16. The van der Waals surface area contributed by atoms with Crippen molar-refractivity contribution in [3.63, 3.8) is 0 Å². The van der Waals surface area contributed by atoms with Crippen molar-refractivity contribution in [3.8, 4) is 22.8 Å². The van der Waals surface area contributed by atoms with Gasteiger partial charge < -0.3 is 14.8 Å². The Balaban J connectivity index is 1.56. The molecule has 6 nitrogen and oxygen atoms in total. The van der Waals surface area contributed by atoms with E-state index in [1.807, 2.05) is 24.3 Å². The molecule has 2 aromatic carbocycles. The third-order valence-electron chi connectivity index (χ3n) is 3.80. The summed E-state index contributed by atoms with van der Waals surface area (Å²) in [4.78, 5) is 12.2. The fraction of sp³-hybridized carbons (Fsp3) is 0.150. The average Bonchev–Trinajstić information content (AvgIpc) is 2.73. The van der Waals surface area contributed by atoms with Crippen molar-refractivity contribution in [1.82, 2.24) is 10.2 Å². The van der Waals surface area contributed by atoms with E-state index in [1.165, 1.54) is 11.8 Å². The van der Waals surface area contributed by atoms with Crippen molar-refractivity contribution < 1.29 is 14.3 Å². The Morgan fingerprint density at radius 1 is 1.00 bits per heavy atom. The highest BCUT2D eigenvalue weighted by Crippen LogP contribution is 2.30. The van der Waals surface area contributed by atoms with Gasteiger partial charge in [0, 0.05) is 22.3 Å². The third kappa shape index (κ3) is 5.15. The molecule has 1 N–H and O–H groups in total. The first-order valence-electron chi connectivity index (χ1n) is 8.33. The largest absolute Gasteiger partial charge is 0.493 e. The van der Waals surface area contributed by atoms with Gasteiger partial charge in [-0.3, -0.25) is 4.79 Å². The minimum absolute atomic E-state index is 0.152. The van der Waals surface area contributed by atoms with Crippen molar-refractivity contribution in [3.05, 3.63) is 59.6 Å². The number of thioether (sulfide) groups is 1. The zero-order chi connectivity index (χ0) is 19.9. The zero-order valence-electron chi connectivity index (χ0n) is 15.3. The Kier molecular flexibility index (Phi) is 6.73. The number of nitrogens with one attached hydrogen (secondary N) is 1. The number of amides is 1. The lowest BCUT2D eigenvalue weighted by Crippen LogP contribution is -2.14. The molecule has 0 aliphatic carbocycles.